The molecule has 74 valence electrons. The van der Waals surface area contributed by atoms with Crippen molar-refractivity contribution in [1.82, 2.24) is 4.98 Å². The van der Waals surface area contributed by atoms with Crippen LogP contribution in [0.2, 0.25) is 0 Å². The van der Waals surface area contributed by atoms with E-state index < -0.39 is 5.95 Å². The lowest BCUT2D eigenvalue weighted by molar-refractivity contribution is 0.346. The fraction of sp³-hybridized carbons (Fsp3) is 0.364. The lowest BCUT2D eigenvalue weighted by Crippen LogP contribution is -1.99. The SMILES string of the molecule is Fc1ccc(OCC2=CCCC2)cn1. The van der Waals surface area contributed by atoms with Crippen LogP contribution in [-0.2, 0) is 0 Å². The van der Waals surface area contributed by atoms with Crippen molar-refractivity contribution >= 4 is 0 Å². The van der Waals surface area contributed by atoms with Gasteiger partial charge < -0.3 is 4.74 Å². The van der Waals surface area contributed by atoms with Crippen LogP contribution in [0.1, 0.15) is 19.3 Å². The lowest BCUT2D eigenvalue weighted by Gasteiger charge is -2.05. The highest BCUT2D eigenvalue weighted by molar-refractivity contribution is 5.18. The summed E-state index contributed by atoms with van der Waals surface area (Å²) < 4.78 is 17.9. The molecule has 0 amide bonds. The number of halogens is 1. The summed E-state index contributed by atoms with van der Waals surface area (Å²) >= 11 is 0. The zero-order chi connectivity index (χ0) is 9.80. The molecule has 1 aromatic rings. The molecule has 0 aromatic carbocycles. The minimum atomic E-state index is -0.475. The summed E-state index contributed by atoms with van der Waals surface area (Å²) in [5.74, 6) is 0.150. The van der Waals surface area contributed by atoms with E-state index in [2.05, 4.69) is 11.1 Å². The van der Waals surface area contributed by atoms with E-state index in [1.165, 1.54) is 24.3 Å². The van der Waals surface area contributed by atoms with Crippen molar-refractivity contribution in [3.05, 3.63) is 35.9 Å². The maximum Gasteiger partial charge on any atom is 0.213 e. The summed E-state index contributed by atoms with van der Waals surface area (Å²) in [6.45, 7) is 0.604. The zero-order valence-corrected chi connectivity index (χ0v) is 7.87. The lowest BCUT2D eigenvalue weighted by atomic mass is 10.2. The van der Waals surface area contributed by atoms with Gasteiger partial charge >= 0.3 is 0 Å². The Labute approximate surface area is 82.4 Å². The minimum Gasteiger partial charge on any atom is -0.488 e. The second-order valence-corrected chi connectivity index (χ2v) is 3.36. The molecule has 2 nitrogen and oxygen atoms in total. The van der Waals surface area contributed by atoms with Gasteiger partial charge in [-0.1, -0.05) is 6.08 Å². The van der Waals surface area contributed by atoms with Gasteiger partial charge in [-0.05, 0) is 37.0 Å². The van der Waals surface area contributed by atoms with Crippen molar-refractivity contribution in [3.8, 4) is 5.75 Å². The Hall–Kier alpha value is -1.38. The molecular formula is C11H12FNO. The largest absolute Gasteiger partial charge is 0.488 e. The first-order valence-corrected chi connectivity index (χ1v) is 4.77. The molecular weight excluding hydrogens is 181 g/mol. The molecule has 0 aliphatic heterocycles. The van der Waals surface area contributed by atoms with Crippen molar-refractivity contribution in [2.45, 2.75) is 19.3 Å². The number of pyridine rings is 1. The van der Waals surface area contributed by atoms with Gasteiger partial charge in [-0.25, -0.2) is 4.98 Å². The number of hydrogen-bond acceptors (Lipinski definition) is 2. The first-order chi connectivity index (χ1) is 6.84. The number of hydrogen-bond donors (Lipinski definition) is 0. The van der Waals surface area contributed by atoms with Crippen LogP contribution in [0.5, 0.6) is 5.75 Å². The van der Waals surface area contributed by atoms with E-state index in [1.807, 2.05) is 0 Å². The van der Waals surface area contributed by atoms with Gasteiger partial charge in [0, 0.05) is 0 Å². The summed E-state index contributed by atoms with van der Waals surface area (Å²) in [6.07, 6.45) is 7.11. The molecule has 1 aliphatic carbocycles. The van der Waals surface area contributed by atoms with E-state index >= 15 is 0 Å². The third-order valence-electron chi connectivity index (χ3n) is 2.26. The topological polar surface area (TPSA) is 22.1 Å². The van der Waals surface area contributed by atoms with Gasteiger partial charge in [0.15, 0.2) is 0 Å². The minimum absolute atomic E-state index is 0.475. The normalized spacial score (nSPS) is 15.4. The molecule has 1 aromatic heterocycles. The van der Waals surface area contributed by atoms with Crippen molar-refractivity contribution in [2.75, 3.05) is 6.61 Å². The Morgan fingerprint density at radius 1 is 1.43 bits per heavy atom. The third kappa shape index (κ3) is 2.31. The first kappa shape index (κ1) is 9.19. The van der Waals surface area contributed by atoms with Crippen LogP contribution >= 0.6 is 0 Å². The van der Waals surface area contributed by atoms with Crippen molar-refractivity contribution in [2.24, 2.45) is 0 Å². The summed E-state index contributed by atoms with van der Waals surface area (Å²) in [4.78, 5) is 3.51. The highest BCUT2D eigenvalue weighted by Gasteiger charge is 2.05. The van der Waals surface area contributed by atoms with E-state index in [0.717, 1.165) is 12.8 Å². The average Bonchev–Trinajstić information content (AvgIpc) is 2.70. The molecule has 0 unspecified atom stereocenters. The van der Waals surface area contributed by atoms with Crippen LogP contribution in [0, 0.1) is 5.95 Å². The molecule has 0 saturated carbocycles. The molecule has 0 spiro atoms. The summed E-state index contributed by atoms with van der Waals surface area (Å²) in [7, 11) is 0. The molecule has 14 heavy (non-hydrogen) atoms. The van der Waals surface area contributed by atoms with Crippen LogP contribution < -0.4 is 4.74 Å². The second-order valence-electron chi connectivity index (χ2n) is 3.36. The molecule has 0 saturated heterocycles. The summed E-state index contributed by atoms with van der Waals surface area (Å²) in [6, 6.07) is 2.90. The molecule has 3 heteroatoms. The Morgan fingerprint density at radius 3 is 3.00 bits per heavy atom. The fourth-order valence-electron chi connectivity index (χ4n) is 1.49. The molecule has 0 atom stereocenters. The monoisotopic (exact) mass is 193 g/mol. The smallest absolute Gasteiger partial charge is 0.213 e. The second kappa shape index (κ2) is 4.22. The average molecular weight is 193 g/mol. The number of nitrogens with zero attached hydrogens (tertiary/aromatic N) is 1. The van der Waals surface area contributed by atoms with E-state index in [9.17, 15) is 4.39 Å². The molecule has 0 bridgehead atoms. The van der Waals surface area contributed by atoms with Gasteiger partial charge in [-0.2, -0.15) is 4.39 Å². The van der Waals surface area contributed by atoms with Crippen molar-refractivity contribution in [3.63, 3.8) is 0 Å². The Bertz CT molecular complexity index is 332. The van der Waals surface area contributed by atoms with E-state index in [-0.39, 0.29) is 0 Å². The highest BCUT2D eigenvalue weighted by atomic mass is 19.1. The molecule has 2 rings (SSSR count). The van der Waals surface area contributed by atoms with Gasteiger partial charge in [0.2, 0.25) is 5.95 Å². The maximum absolute atomic E-state index is 12.4. The zero-order valence-electron chi connectivity index (χ0n) is 7.87. The number of ether oxygens (including phenoxy) is 1. The molecule has 0 radical (unpaired) electrons. The first-order valence-electron chi connectivity index (χ1n) is 4.77. The van der Waals surface area contributed by atoms with Crippen LogP contribution in [0.4, 0.5) is 4.39 Å². The molecule has 0 N–H and O–H groups in total. The van der Waals surface area contributed by atoms with Crippen LogP contribution in [0.15, 0.2) is 30.0 Å². The molecule has 0 fully saturated rings. The number of allylic oxidation sites excluding steroid dienone is 1. The summed E-state index contributed by atoms with van der Waals surface area (Å²) in [5, 5.41) is 0. The van der Waals surface area contributed by atoms with E-state index in [4.69, 9.17) is 4.74 Å². The van der Waals surface area contributed by atoms with Crippen molar-refractivity contribution < 1.29 is 9.13 Å². The predicted molar refractivity (Wildman–Crippen MR) is 51.6 cm³/mol. The Balaban J connectivity index is 1.88. The standard InChI is InChI=1S/C11H12FNO/c12-11-6-5-10(7-13-11)14-8-9-3-1-2-4-9/h3,5-7H,1-2,4,8H2. The van der Waals surface area contributed by atoms with E-state index in [1.54, 1.807) is 6.07 Å². The fourth-order valence-corrected chi connectivity index (χ4v) is 1.49. The van der Waals surface area contributed by atoms with Gasteiger partial charge in [0.1, 0.15) is 12.4 Å². The molecule has 1 heterocycles. The van der Waals surface area contributed by atoms with Gasteiger partial charge in [-0.3, -0.25) is 0 Å². The Kier molecular flexibility index (Phi) is 2.77. The van der Waals surface area contributed by atoms with Crippen LogP contribution in [-0.4, -0.2) is 11.6 Å². The Morgan fingerprint density at radius 2 is 2.36 bits per heavy atom. The van der Waals surface area contributed by atoms with Gasteiger partial charge in [0.05, 0.1) is 6.20 Å². The van der Waals surface area contributed by atoms with E-state index in [0.29, 0.717) is 12.4 Å². The third-order valence-corrected chi connectivity index (χ3v) is 2.26. The number of rotatable bonds is 3. The highest BCUT2D eigenvalue weighted by Crippen LogP contribution is 2.18. The van der Waals surface area contributed by atoms with Gasteiger partial charge in [-0.15, -0.1) is 0 Å². The van der Waals surface area contributed by atoms with Crippen LogP contribution in [0.3, 0.4) is 0 Å². The number of aromatic nitrogens is 1. The quantitative estimate of drug-likeness (QED) is 0.544. The van der Waals surface area contributed by atoms with Crippen molar-refractivity contribution in [1.29, 1.82) is 0 Å². The maximum atomic E-state index is 12.4. The predicted octanol–water partition coefficient (Wildman–Crippen LogP) is 2.71. The van der Waals surface area contributed by atoms with Crippen LogP contribution in [0.25, 0.3) is 0 Å². The summed E-state index contributed by atoms with van der Waals surface area (Å²) in [5.41, 5.74) is 1.33. The molecule has 1 aliphatic rings. The van der Waals surface area contributed by atoms with Gasteiger partial charge in [0.25, 0.3) is 0 Å².